The van der Waals surface area contributed by atoms with Crippen molar-refractivity contribution < 1.29 is 4.79 Å². The quantitative estimate of drug-likeness (QED) is 0.762. The van der Waals surface area contributed by atoms with Gasteiger partial charge < -0.3 is 9.88 Å². The molecule has 26 heavy (non-hydrogen) atoms. The molecular weight excluding hydrogens is 326 g/mol. The van der Waals surface area contributed by atoms with E-state index in [9.17, 15) is 4.79 Å². The minimum Gasteiger partial charge on any atom is -0.349 e. The molecule has 0 atom stereocenters. The molecule has 134 valence electrons. The molecule has 2 aromatic heterocycles. The van der Waals surface area contributed by atoms with Gasteiger partial charge in [0.1, 0.15) is 11.5 Å². The van der Waals surface area contributed by atoms with Crippen molar-refractivity contribution in [1.29, 1.82) is 0 Å². The van der Waals surface area contributed by atoms with E-state index in [2.05, 4.69) is 11.4 Å². The maximum Gasteiger partial charge on any atom is 0.327 e. The third kappa shape index (κ3) is 2.98. The number of benzene rings is 1. The lowest BCUT2D eigenvalue weighted by molar-refractivity contribution is 0.255. The zero-order chi connectivity index (χ0) is 18.3. The van der Waals surface area contributed by atoms with Crippen LogP contribution >= 0.6 is 0 Å². The Kier molecular flexibility index (Phi) is 4.03. The van der Waals surface area contributed by atoms with E-state index in [1.807, 2.05) is 66.7 Å². The van der Waals surface area contributed by atoms with Crippen LogP contribution in [0.15, 0.2) is 42.6 Å². The van der Waals surface area contributed by atoms with Crippen molar-refractivity contribution in [3.05, 3.63) is 53.7 Å². The normalized spacial score (nSPS) is 13.6. The van der Waals surface area contributed by atoms with Gasteiger partial charge in [-0.05, 0) is 55.7 Å². The molecular formula is C20H23N5O. The van der Waals surface area contributed by atoms with E-state index in [-0.39, 0.29) is 6.03 Å². The molecule has 3 heterocycles. The van der Waals surface area contributed by atoms with E-state index in [1.165, 1.54) is 0 Å². The number of rotatable bonds is 2. The third-order valence-corrected chi connectivity index (χ3v) is 4.71. The predicted molar refractivity (Wildman–Crippen MR) is 104 cm³/mol. The second-order valence-corrected chi connectivity index (χ2v) is 6.93. The Morgan fingerprint density at radius 2 is 1.88 bits per heavy atom. The topological polar surface area (TPSA) is 55.1 Å². The lowest BCUT2D eigenvalue weighted by Gasteiger charge is -2.27. The summed E-state index contributed by atoms with van der Waals surface area (Å²) >= 11 is 0. The number of nitrogens with zero attached hydrogens (tertiary/aromatic N) is 4. The Labute approximate surface area is 153 Å². The van der Waals surface area contributed by atoms with E-state index in [4.69, 9.17) is 5.10 Å². The molecule has 1 aromatic carbocycles. The molecule has 6 heteroatoms. The van der Waals surface area contributed by atoms with Gasteiger partial charge in [0.2, 0.25) is 0 Å². The number of carbonyl (C=O) groups excluding carboxylic acids is 1. The summed E-state index contributed by atoms with van der Waals surface area (Å²) in [6, 6.07) is 12.0. The fourth-order valence-corrected chi connectivity index (χ4v) is 3.58. The van der Waals surface area contributed by atoms with Gasteiger partial charge >= 0.3 is 6.03 Å². The summed E-state index contributed by atoms with van der Waals surface area (Å²) < 4.78 is 3.96. The van der Waals surface area contributed by atoms with Crippen molar-refractivity contribution in [2.45, 2.75) is 26.8 Å². The fourth-order valence-electron chi connectivity index (χ4n) is 3.58. The van der Waals surface area contributed by atoms with Gasteiger partial charge in [0.25, 0.3) is 0 Å². The van der Waals surface area contributed by atoms with Crippen LogP contribution in [0.2, 0.25) is 0 Å². The van der Waals surface area contributed by atoms with Gasteiger partial charge in [-0.3, -0.25) is 4.90 Å². The first kappa shape index (κ1) is 16.4. The van der Waals surface area contributed by atoms with Gasteiger partial charge in [0, 0.05) is 38.1 Å². The Balaban J connectivity index is 1.62. The number of amides is 2. The lowest BCUT2D eigenvalue weighted by Crippen LogP contribution is -2.40. The molecule has 0 aliphatic carbocycles. The first-order valence-electron chi connectivity index (χ1n) is 8.87. The molecule has 0 bridgehead atoms. The SMILES string of the molecule is Cc1cc(C)cc(NC(=O)N2CCCn3nc(-c4cccn4C)cc32)c1. The molecule has 1 N–H and O–H groups in total. The summed E-state index contributed by atoms with van der Waals surface area (Å²) in [6.45, 7) is 5.58. The third-order valence-electron chi connectivity index (χ3n) is 4.71. The zero-order valence-electron chi connectivity index (χ0n) is 15.4. The van der Waals surface area contributed by atoms with Crippen LogP contribution in [-0.2, 0) is 13.6 Å². The van der Waals surface area contributed by atoms with Crippen LogP contribution < -0.4 is 10.2 Å². The van der Waals surface area contributed by atoms with Crippen molar-refractivity contribution in [2.24, 2.45) is 7.05 Å². The molecule has 4 rings (SSSR count). The number of carbonyl (C=O) groups is 1. The molecule has 1 aliphatic rings. The van der Waals surface area contributed by atoms with Crippen LogP contribution in [0.1, 0.15) is 17.5 Å². The predicted octanol–water partition coefficient (Wildman–Crippen LogP) is 3.95. The number of urea groups is 1. The first-order chi connectivity index (χ1) is 12.5. The Morgan fingerprint density at radius 1 is 1.12 bits per heavy atom. The summed E-state index contributed by atoms with van der Waals surface area (Å²) in [5.41, 5.74) is 5.02. The van der Waals surface area contributed by atoms with Crippen molar-refractivity contribution in [2.75, 3.05) is 16.8 Å². The van der Waals surface area contributed by atoms with E-state index in [1.54, 1.807) is 4.90 Å². The molecule has 1 aliphatic heterocycles. The average molecular weight is 349 g/mol. The summed E-state index contributed by atoms with van der Waals surface area (Å²) in [5.74, 6) is 0.842. The summed E-state index contributed by atoms with van der Waals surface area (Å²) in [5, 5.41) is 7.73. The van der Waals surface area contributed by atoms with Crippen molar-refractivity contribution in [1.82, 2.24) is 14.3 Å². The van der Waals surface area contributed by atoms with E-state index in [0.29, 0.717) is 6.54 Å². The van der Waals surface area contributed by atoms with E-state index < -0.39 is 0 Å². The first-order valence-corrected chi connectivity index (χ1v) is 8.87. The van der Waals surface area contributed by atoms with E-state index >= 15 is 0 Å². The maximum atomic E-state index is 12.9. The van der Waals surface area contributed by atoms with Crippen molar-refractivity contribution >= 4 is 17.5 Å². The monoisotopic (exact) mass is 349 g/mol. The average Bonchev–Trinajstić information content (AvgIpc) is 3.18. The number of anilines is 2. The minimum absolute atomic E-state index is 0.116. The number of fused-ring (bicyclic) bond motifs is 1. The van der Waals surface area contributed by atoms with Gasteiger partial charge in [0.15, 0.2) is 0 Å². The molecule has 0 saturated heterocycles. The van der Waals surface area contributed by atoms with Gasteiger partial charge in [-0.15, -0.1) is 0 Å². The number of nitrogens with one attached hydrogen (secondary N) is 1. The number of hydrogen-bond acceptors (Lipinski definition) is 2. The molecule has 0 unspecified atom stereocenters. The Morgan fingerprint density at radius 3 is 2.58 bits per heavy atom. The van der Waals surface area contributed by atoms with E-state index in [0.717, 1.165) is 47.0 Å². The zero-order valence-corrected chi connectivity index (χ0v) is 15.4. The highest BCUT2D eigenvalue weighted by Gasteiger charge is 2.25. The second-order valence-electron chi connectivity index (χ2n) is 6.93. The number of aryl methyl sites for hydroxylation is 4. The lowest BCUT2D eigenvalue weighted by atomic mass is 10.1. The highest BCUT2D eigenvalue weighted by Crippen LogP contribution is 2.28. The summed E-state index contributed by atoms with van der Waals surface area (Å²) in [6.07, 6.45) is 2.89. The fraction of sp³-hybridized carbons (Fsp3) is 0.300. The molecule has 3 aromatic rings. The maximum absolute atomic E-state index is 12.9. The Hall–Kier alpha value is -3.02. The summed E-state index contributed by atoms with van der Waals surface area (Å²) in [7, 11) is 2.00. The van der Waals surface area contributed by atoms with Gasteiger partial charge in [0.05, 0.1) is 5.69 Å². The standard InChI is InChI=1S/C20H23N5O/c1-14-10-15(2)12-16(11-14)21-20(26)24-8-5-9-25-19(24)13-17(22-25)18-6-4-7-23(18)3/h4,6-7,10-13H,5,8-9H2,1-3H3,(H,21,26). The number of aromatic nitrogens is 3. The molecule has 0 fully saturated rings. The van der Waals surface area contributed by atoms with Crippen LogP contribution in [0, 0.1) is 13.8 Å². The van der Waals surface area contributed by atoms with Crippen LogP contribution in [0.25, 0.3) is 11.4 Å². The van der Waals surface area contributed by atoms with Gasteiger partial charge in [-0.1, -0.05) is 6.07 Å². The van der Waals surface area contributed by atoms with Crippen LogP contribution in [0.5, 0.6) is 0 Å². The second kappa shape index (κ2) is 6.37. The highest BCUT2D eigenvalue weighted by molar-refractivity contribution is 6.01. The van der Waals surface area contributed by atoms with Gasteiger partial charge in [-0.2, -0.15) is 5.10 Å². The van der Waals surface area contributed by atoms with Crippen LogP contribution in [0.3, 0.4) is 0 Å². The molecule has 6 nitrogen and oxygen atoms in total. The smallest absolute Gasteiger partial charge is 0.327 e. The molecule has 0 saturated carbocycles. The van der Waals surface area contributed by atoms with Crippen molar-refractivity contribution in [3.63, 3.8) is 0 Å². The molecule has 2 amide bonds. The van der Waals surface area contributed by atoms with Crippen LogP contribution in [0.4, 0.5) is 16.3 Å². The van der Waals surface area contributed by atoms with Crippen LogP contribution in [-0.4, -0.2) is 26.9 Å². The largest absolute Gasteiger partial charge is 0.349 e. The summed E-state index contributed by atoms with van der Waals surface area (Å²) in [4.78, 5) is 14.7. The number of hydrogen-bond donors (Lipinski definition) is 1. The Bertz CT molecular complexity index is 948. The molecule has 0 radical (unpaired) electrons. The van der Waals surface area contributed by atoms with Crippen molar-refractivity contribution in [3.8, 4) is 11.4 Å². The molecule has 0 spiro atoms. The minimum atomic E-state index is -0.116. The highest BCUT2D eigenvalue weighted by atomic mass is 16.2. The van der Waals surface area contributed by atoms with Gasteiger partial charge in [-0.25, -0.2) is 9.48 Å².